The van der Waals surface area contributed by atoms with Crippen LogP contribution in [0, 0.1) is 0 Å². The zero-order valence-corrected chi connectivity index (χ0v) is 5.62. The van der Waals surface area contributed by atoms with Gasteiger partial charge in [-0.3, -0.25) is 9.59 Å². The van der Waals surface area contributed by atoms with Crippen molar-refractivity contribution in [2.75, 3.05) is 0 Å². The molecule has 56 valence electrons. The third kappa shape index (κ3) is 4.96. The highest BCUT2D eigenvalue weighted by molar-refractivity contribution is 5.84. The van der Waals surface area contributed by atoms with E-state index in [1.165, 1.54) is 0 Å². The number of aldehydes is 1. The summed E-state index contributed by atoms with van der Waals surface area (Å²) in [5.74, 6) is -1.30. The van der Waals surface area contributed by atoms with Crippen molar-refractivity contribution >= 4 is 18.2 Å². The SMILES string of the molecule is CC(=O)OC(=O)CCC=O. The molecule has 0 amide bonds. The van der Waals surface area contributed by atoms with Crippen molar-refractivity contribution in [3.63, 3.8) is 0 Å². The lowest BCUT2D eigenvalue weighted by Crippen LogP contribution is -2.08. The predicted octanol–water partition coefficient (Wildman–Crippen LogP) is 0.0552. The Morgan fingerprint density at radius 1 is 1.50 bits per heavy atom. The van der Waals surface area contributed by atoms with Gasteiger partial charge in [-0.25, -0.2) is 0 Å². The fourth-order valence-electron chi connectivity index (χ4n) is 0.388. The molecule has 0 saturated carbocycles. The first-order chi connectivity index (χ1) is 4.66. The van der Waals surface area contributed by atoms with Gasteiger partial charge in [-0.05, 0) is 0 Å². The van der Waals surface area contributed by atoms with E-state index in [9.17, 15) is 14.4 Å². The van der Waals surface area contributed by atoms with Crippen LogP contribution in [-0.4, -0.2) is 18.2 Å². The Morgan fingerprint density at radius 3 is 2.50 bits per heavy atom. The molecule has 0 bridgehead atoms. The minimum Gasteiger partial charge on any atom is -0.393 e. The molecular weight excluding hydrogens is 136 g/mol. The van der Waals surface area contributed by atoms with Crippen molar-refractivity contribution in [2.24, 2.45) is 0 Å². The van der Waals surface area contributed by atoms with Gasteiger partial charge in [0.2, 0.25) is 0 Å². The van der Waals surface area contributed by atoms with E-state index in [0.717, 1.165) is 6.92 Å². The average molecular weight is 144 g/mol. The van der Waals surface area contributed by atoms with Gasteiger partial charge in [-0.2, -0.15) is 0 Å². The second-order valence-corrected chi connectivity index (χ2v) is 1.67. The van der Waals surface area contributed by atoms with Crippen molar-refractivity contribution in [3.05, 3.63) is 0 Å². The standard InChI is InChI=1S/C6H8O4/c1-5(8)10-6(9)3-2-4-7/h4H,2-3H2,1H3. The van der Waals surface area contributed by atoms with Crippen molar-refractivity contribution in [2.45, 2.75) is 19.8 Å². The van der Waals surface area contributed by atoms with E-state index in [4.69, 9.17) is 0 Å². The Labute approximate surface area is 58.2 Å². The number of hydrogen-bond donors (Lipinski definition) is 0. The first-order valence-corrected chi connectivity index (χ1v) is 2.81. The monoisotopic (exact) mass is 144 g/mol. The molecule has 0 rings (SSSR count). The zero-order valence-electron chi connectivity index (χ0n) is 5.62. The lowest BCUT2D eigenvalue weighted by molar-refractivity contribution is -0.158. The highest BCUT2D eigenvalue weighted by Gasteiger charge is 2.03. The van der Waals surface area contributed by atoms with E-state index in [1.54, 1.807) is 0 Å². The van der Waals surface area contributed by atoms with E-state index < -0.39 is 11.9 Å². The Bertz CT molecular complexity index is 150. The summed E-state index contributed by atoms with van der Waals surface area (Å²) in [7, 11) is 0. The average Bonchev–Trinajstić information content (AvgIpc) is 1.82. The molecule has 0 heterocycles. The maximum atomic E-state index is 10.4. The van der Waals surface area contributed by atoms with Crippen molar-refractivity contribution in [1.82, 2.24) is 0 Å². The largest absolute Gasteiger partial charge is 0.393 e. The molecule has 0 unspecified atom stereocenters. The molecule has 4 heteroatoms. The van der Waals surface area contributed by atoms with Crippen LogP contribution in [-0.2, 0) is 19.1 Å². The summed E-state index contributed by atoms with van der Waals surface area (Å²) >= 11 is 0. The van der Waals surface area contributed by atoms with Crippen molar-refractivity contribution in [1.29, 1.82) is 0 Å². The molecule has 0 aromatic heterocycles. The van der Waals surface area contributed by atoms with Gasteiger partial charge < -0.3 is 9.53 Å². The van der Waals surface area contributed by atoms with E-state index in [-0.39, 0.29) is 12.8 Å². The first-order valence-electron chi connectivity index (χ1n) is 2.81. The van der Waals surface area contributed by atoms with E-state index in [1.807, 2.05) is 0 Å². The second kappa shape index (κ2) is 4.67. The fraction of sp³-hybridized carbons (Fsp3) is 0.500. The number of ether oxygens (including phenoxy) is 1. The molecule has 0 spiro atoms. The Kier molecular flexibility index (Phi) is 4.11. The van der Waals surface area contributed by atoms with E-state index in [0.29, 0.717) is 6.29 Å². The molecule has 0 aromatic carbocycles. The van der Waals surface area contributed by atoms with Gasteiger partial charge in [-0.15, -0.1) is 0 Å². The maximum absolute atomic E-state index is 10.4. The van der Waals surface area contributed by atoms with E-state index in [2.05, 4.69) is 4.74 Å². The molecule has 0 saturated heterocycles. The molecule has 0 aliphatic carbocycles. The Morgan fingerprint density at radius 2 is 2.10 bits per heavy atom. The van der Waals surface area contributed by atoms with Gasteiger partial charge in [0.1, 0.15) is 6.29 Å². The summed E-state index contributed by atoms with van der Waals surface area (Å²) in [5.41, 5.74) is 0. The molecule has 0 atom stereocenters. The van der Waals surface area contributed by atoms with Crippen LogP contribution in [0.4, 0.5) is 0 Å². The summed E-state index contributed by atoms with van der Waals surface area (Å²) < 4.78 is 4.12. The molecule has 10 heavy (non-hydrogen) atoms. The van der Waals surface area contributed by atoms with Crippen LogP contribution in [0.5, 0.6) is 0 Å². The van der Waals surface area contributed by atoms with Crippen LogP contribution in [0.1, 0.15) is 19.8 Å². The Balaban J connectivity index is 3.43. The lowest BCUT2D eigenvalue weighted by atomic mass is 10.3. The van der Waals surface area contributed by atoms with Crippen LogP contribution in [0.15, 0.2) is 0 Å². The van der Waals surface area contributed by atoms with Crippen LogP contribution in [0.3, 0.4) is 0 Å². The normalized spacial score (nSPS) is 8.50. The van der Waals surface area contributed by atoms with Crippen LogP contribution < -0.4 is 0 Å². The first kappa shape index (κ1) is 8.81. The third-order valence-corrected chi connectivity index (χ3v) is 0.724. The van der Waals surface area contributed by atoms with Gasteiger partial charge in [0.25, 0.3) is 0 Å². The summed E-state index contributed by atoms with van der Waals surface area (Å²) in [6.07, 6.45) is 0.677. The van der Waals surface area contributed by atoms with E-state index >= 15 is 0 Å². The Hall–Kier alpha value is -1.19. The van der Waals surface area contributed by atoms with Crippen molar-refractivity contribution in [3.8, 4) is 0 Å². The maximum Gasteiger partial charge on any atom is 0.313 e. The molecule has 0 fully saturated rings. The number of hydrogen-bond acceptors (Lipinski definition) is 4. The quantitative estimate of drug-likeness (QED) is 0.319. The third-order valence-electron chi connectivity index (χ3n) is 0.724. The second-order valence-electron chi connectivity index (χ2n) is 1.67. The summed E-state index contributed by atoms with van der Waals surface area (Å²) in [5, 5.41) is 0. The predicted molar refractivity (Wildman–Crippen MR) is 32.1 cm³/mol. The van der Waals surface area contributed by atoms with Crippen LogP contribution in [0.25, 0.3) is 0 Å². The van der Waals surface area contributed by atoms with Crippen molar-refractivity contribution < 1.29 is 19.1 Å². The number of carbonyl (C=O) groups is 3. The number of esters is 2. The highest BCUT2D eigenvalue weighted by Crippen LogP contribution is 1.89. The van der Waals surface area contributed by atoms with Crippen LogP contribution in [0.2, 0.25) is 0 Å². The number of rotatable bonds is 3. The van der Waals surface area contributed by atoms with Gasteiger partial charge in [0.15, 0.2) is 0 Å². The van der Waals surface area contributed by atoms with Gasteiger partial charge in [-0.1, -0.05) is 0 Å². The summed E-state index contributed by atoms with van der Waals surface area (Å²) in [6.45, 7) is 1.14. The molecule has 0 radical (unpaired) electrons. The topological polar surface area (TPSA) is 60.4 Å². The summed E-state index contributed by atoms with van der Waals surface area (Å²) in [6, 6.07) is 0. The van der Waals surface area contributed by atoms with Gasteiger partial charge in [0, 0.05) is 13.3 Å². The zero-order chi connectivity index (χ0) is 7.98. The smallest absolute Gasteiger partial charge is 0.313 e. The molecule has 4 nitrogen and oxygen atoms in total. The molecule has 0 N–H and O–H groups in total. The fourth-order valence-corrected chi connectivity index (χ4v) is 0.388. The highest BCUT2D eigenvalue weighted by atomic mass is 16.6. The summed E-state index contributed by atoms with van der Waals surface area (Å²) in [4.78, 5) is 30.2. The van der Waals surface area contributed by atoms with Gasteiger partial charge >= 0.3 is 11.9 Å². The number of carbonyl (C=O) groups excluding carboxylic acids is 3. The van der Waals surface area contributed by atoms with Crippen LogP contribution >= 0.6 is 0 Å². The van der Waals surface area contributed by atoms with Gasteiger partial charge in [0.05, 0.1) is 6.42 Å². The minimum atomic E-state index is -0.653. The molecule has 0 aliphatic rings. The molecule has 0 aliphatic heterocycles. The molecular formula is C6H8O4. The lowest BCUT2D eigenvalue weighted by Gasteiger charge is -1.94. The molecule has 0 aromatic rings. The minimum absolute atomic E-state index is 0.0247.